The van der Waals surface area contributed by atoms with Crippen molar-refractivity contribution in [2.45, 2.75) is 25.3 Å². The number of methoxy groups -OCH3 is 1. The van der Waals surface area contributed by atoms with Crippen molar-refractivity contribution in [3.63, 3.8) is 0 Å². The number of rotatable bonds is 5. The highest BCUT2D eigenvalue weighted by atomic mass is 16.5. The first-order valence-electron chi connectivity index (χ1n) is 7.83. The maximum absolute atomic E-state index is 12.2. The summed E-state index contributed by atoms with van der Waals surface area (Å²) in [5, 5.41) is 6.17. The highest BCUT2D eigenvalue weighted by Gasteiger charge is 2.21. The van der Waals surface area contributed by atoms with E-state index in [1.807, 2.05) is 24.3 Å². The number of carbonyl (C=O) groups excluding carboxylic acids is 1. The van der Waals surface area contributed by atoms with Crippen LogP contribution >= 0.6 is 0 Å². The van der Waals surface area contributed by atoms with Crippen LogP contribution in [0.3, 0.4) is 0 Å². The van der Waals surface area contributed by atoms with Gasteiger partial charge in [0.15, 0.2) is 11.6 Å². The Kier molecular flexibility index (Phi) is 4.92. The van der Waals surface area contributed by atoms with E-state index < -0.39 is 0 Å². The summed E-state index contributed by atoms with van der Waals surface area (Å²) in [4.78, 5) is 16.5. The summed E-state index contributed by atoms with van der Waals surface area (Å²) in [5.74, 6) is 1.47. The van der Waals surface area contributed by atoms with Crippen molar-refractivity contribution in [2.24, 2.45) is 0 Å². The minimum atomic E-state index is -0.223. The molecule has 1 aliphatic heterocycles. The SMILES string of the molecule is COc1ccc(CNC(=O)c2coc(C3CCCNC3)n2)cc1. The van der Waals surface area contributed by atoms with Crippen molar-refractivity contribution >= 4 is 5.91 Å². The second-order valence-electron chi connectivity index (χ2n) is 5.65. The molecule has 3 rings (SSSR count). The van der Waals surface area contributed by atoms with Crippen LogP contribution in [-0.2, 0) is 6.54 Å². The Balaban J connectivity index is 1.56. The summed E-state index contributed by atoms with van der Waals surface area (Å²) in [7, 11) is 1.63. The summed E-state index contributed by atoms with van der Waals surface area (Å²) in [5.41, 5.74) is 1.33. The Morgan fingerprint density at radius 3 is 2.96 bits per heavy atom. The van der Waals surface area contributed by atoms with Gasteiger partial charge in [0.2, 0.25) is 0 Å². The van der Waals surface area contributed by atoms with Crippen molar-refractivity contribution < 1.29 is 13.9 Å². The molecule has 2 heterocycles. The molecule has 2 N–H and O–H groups in total. The molecule has 0 radical (unpaired) electrons. The molecular formula is C17H21N3O3. The first-order chi connectivity index (χ1) is 11.3. The van der Waals surface area contributed by atoms with Crippen molar-refractivity contribution in [3.8, 4) is 5.75 Å². The van der Waals surface area contributed by atoms with Gasteiger partial charge in [0.1, 0.15) is 12.0 Å². The van der Waals surface area contributed by atoms with Crippen molar-refractivity contribution in [1.29, 1.82) is 0 Å². The fourth-order valence-electron chi connectivity index (χ4n) is 2.66. The number of ether oxygens (including phenoxy) is 1. The lowest BCUT2D eigenvalue weighted by Crippen LogP contribution is -2.28. The Morgan fingerprint density at radius 2 is 2.26 bits per heavy atom. The summed E-state index contributed by atoms with van der Waals surface area (Å²) >= 11 is 0. The molecule has 1 unspecified atom stereocenters. The molecule has 6 nitrogen and oxygen atoms in total. The maximum atomic E-state index is 12.2. The van der Waals surface area contributed by atoms with Gasteiger partial charge in [0, 0.05) is 19.0 Å². The van der Waals surface area contributed by atoms with E-state index in [4.69, 9.17) is 9.15 Å². The summed E-state index contributed by atoms with van der Waals surface area (Å²) < 4.78 is 10.6. The highest BCUT2D eigenvalue weighted by Crippen LogP contribution is 2.22. The lowest BCUT2D eigenvalue weighted by atomic mass is 10.00. The number of carbonyl (C=O) groups is 1. The smallest absolute Gasteiger partial charge is 0.273 e. The maximum Gasteiger partial charge on any atom is 0.273 e. The van der Waals surface area contributed by atoms with Crippen LogP contribution in [0.2, 0.25) is 0 Å². The molecule has 1 aromatic carbocycles. The Hall–Kier alpha value is -2.34. The molecule has 23 heavy (non-hydrogen) atoms. The van der Waals surface area contributed by atoms with Crippen molar-refractivity contribution in [3.05, 3.63) is 47.7 Å². The number of hydrogen-bond donors (Lipinski definition) is 2. The van der Waals surface area contributed by atoms with E-state index in [-0.39, 0.29) is 11.8 Å². The first kappa shape index (κ1) is 15.6. The van der Waals surface area contributed by atoms with Gasteiger partial charge in [-0.2, -0.15) is 0 Å². The molecule has 0 spiro atoms. The van der Waals surface area contributed by atoms with Gasteiger partial charge in [-0.25, -0.2) is 4.98 Å². The molecule has 0 saturated carbocycles. The number of aromatic nitrogens is 1. The van der Waals surface area contributed by atoms with E-state index in [0.29, 0.717) is 18.1 Å². The molecular weight excluding hydrogens is 294 g/mol. The molecule has 1 aromatic heterocycles. The summed E-state index contributed by atoms with van der Waals surface area (Å²) in [6, 6.07) is 7.57. The largest absolute Gasteiger partial charge is 0.497 e. The fourth-order valence-corrected chi connectivity index (χ4v) is 2.66. The third kappa shape index (κ3) is 3.90. The number of benzene rings is 1. The van der Waals surface area contributed by atoms with Crippen LogP contribution in [0, 0.1) is 0 Å². The minimum Gasteiger partial charge on any atom is -0.497 e. The average Bonchev–Trinajstić information content (AvgIpc) is 3.11. The molecule has 6 heteroatoms. The van der Waals surface area contributed by atoms with Crippen LogP contribution in [0.5, 0.6) is 5.75 Å². The molecule has 2 aromatic rings. The monoisotopic (exact) mass is 315 g/mol. The number of piperidine rings is 1. The Labute approximate surface area is 135 Å². The number of nitrogens with one attached hydrogen (secondary N) is 2. The number of oxazole rings is 1. The molecule has 1 aliphatic rings. The average molecular weight is 315 g/mol. The van der Waals surface area contributed by atoms with Crippen LogP contribution < -0.4 is 15.4 Å². The number of nitrogens with zero attached hydrogens (tertiary/aromatic N) is 1. The number of hydrogen-bond acceptors (Lipinski definition) is 5. The fraction of sp³-hybridized carbons (Fsp3) is 0.412. The second-order valence-corrected chi connectivity index (χ2v) is 5.65. The van der Waals surface area contributed by atoms with Gasteiger partial charge in [-0.05, 0) is 37.1 Å². The van der Waals surface area contributed by atoms with Gasteiger partial charge in [0.05, 0.1) is 7.11 Å². The Morgan fingerprint density at radius 1 is 1.43 bits per heavy atom. The van der Waals surface area contributed by atoms with E-state index in [9.17, 15) is 4.79 Å². The predicted octanol–water partition coefficient (Wildman–Crippen LogP) is 2.08. The highest BCUT2D eigenvalue weighted by molar-refractivity contribution is 5.91. The van der Waals surface area contributed by atoms with E-state index in [1.54, 1.807) is 7.11 Å². The van der Waals surface area contributed by atoms with Gasteiger partial charge in [-0.1, -0.05) is 12.1 Å². The summed E-state index contributed by atoms with van der Waals surface area (Å²) in [6.07, 6.45) is 3.58. The van der Waals surface area contributed by atoms with Crippen molar-refractivity contribution in [2.75, 3.05) is 20.2 Å². The van der Waals surface area contributed by atoms with Gasteiger partial charge in [-0.3, -0.25) is 4.79 Å². The first-order valence-corrected chi connectivity index (χ1v) is 7.83. The normalized spacial score (nSPS) is 17.7. The van der Waals surface area contributed by atoms with Gasteiger partial charge < -0.3 is 19.8 Å². The molecule has 122 valence electrons. The van der Waals surface area contributed by atoms with Crippen molar-refractivity contribution in [1.82, 2.24) is 15.6 Å². The predicted molar refractivity (Wildman–Crippen MR) is 85.5 cm³/mol. The van der Waals surface area contributed by atoms with E-state index >= 15 is 0 Å². The lowest BCUT2D eigenvalue weighted by Gasteiger charge is -2.19. The topological polar surface area (TPSA) is 76.4 Å². The molecule has 1 fully saturated rings. The molecule has 0 aliphatic carbocycles. The van der Waals surface area contributed by atoms with E-state index in [1.165, 1.54) is 6.26 Å². The van der Waals surface area contributed by atoms with Gasteiger partial charge in [-0.15, -0.1) is 0 Å². The molecule has 1 amide bonds. The molecule has 1 atom stereocenters. The van der Waals surface area contributed by atoms with Crippen LogP contribution in [0.15, 0.2) is 34.9 Å². The van der Waals surface area contributed by atoms with Crippen LogP contribution in [0.1, 0.15) is 40.7 Å². The molecule has 1 saturated heterocycles. The van der Waals surface area contributed by atoms with E-state index in [0.717, 1.165) is 37.2 Å². The van der Waals surface area contributed by atoms with Crippen LogP contribution in [0.25, 0.3) is 0 Å². The zero-order valence-electron chi connectivity index (χ0n) is 13.2. The minimum absolute atomic E-state index is 0.223. The lowest BCUT2D eigenvalue weighted by molar-refractivity contribution is 0.0946. The van der Waals surface area contributed by atoms with Crippen LogP contribution in [-0.4, -0.2) is 31.1 Å². The standard InChI is InChI=1S/C17H21N3O3/c1-22-14-6-4-12(5-7-14)9-19-16(21)15-11-23-17(20-15)13-3-2-8-18-10-13/h4-7,11,13,18H,2-3,8-10H2,1H3,(H,19,21). The van der Waals surface area contributed by atoms with E-state index in [2.05, 4.69) is 15.6 Å². The third-order valence-corrected chi connectivity index (χ3v) is 4.01. The second kappa shape index (κ2) is 7.28. The zero-order valence-corrected chi connectivity index (χ0v) is 13.2. The van der Waals surface area contributed by atoms with Gasteiger partial charge >= 0.3 is 0 Å². The number of amides is 1. The van der Waals surface area contributed by atoms with Gasteiger partial charge in [0.25, 0.3) is 5.91 Å². The quantitative estimate of drug-likeness (QED) is 0.883. The third-order valence-electron chi connectivity index (χ3n) is 4.01. The Bertz CT molecular complexity index is 645. The molecule has 0 bridgehead atoms. The van der Waals surface area contributed by atoms with Crippen LogP contribution in [0.4, 0.5) is 0 Å². The summed E-state index contributed by atoms with van der Waals surface area (Å²) in [6.45, 7) is 2.33. The zero-order chi connectivity index (χ0) is 16.1.